The fraction of sp³-hybridized carbons (Fsp3) is 0.455. The quantitative estimate of drug-likeness (QED) is 0.431. The highest BCUT2D eigenvalue weighted by atomic mass is 32.2. The SMILES string of the molecule is CNCCCN(C)S(=O)(=O)c1ccc(O)c([N+](=O)[O-])c1. The highest BCUT2D eigenvalue weighted by Crippen LogP contribution is 2.29. The van der Waals surface area contributed by atoms with Crippen molar-refractivity contribution in [2.24, 2.45) is 0 Å². The lowest BCUT2D eigenvalue weighted by Gasteiger charge is -2.17. The molecule has 0 saturated carbocycles. The van der Waals surface area contributed by atoms with Gasteiger partial charge in [0.1, 0.15) is 0 Å². The average molecular weight is 303 g/mol. The largest absolute Gasteiger partial charge is 0.502 e. The first-order valence-electron chi connectivity index (χ1n) is 5.89. The molecule has 0 fully saturated rings. The van der Waals surface area contributed by atoms with E-state index >= 15 is 0 Å². The lowest BCUT2D eigenvalue weighted by Crippen LogP contribution is -2.29. The predicted octanol–water partition coefficient (Wildman–Crippen LogP) is 0.530. The van der Waals surface area contributed by atoms with E-state index in [-0.39, 0.29) is 11.4 Å². The molecule has 1 aromatic rings. The smallest absolute Gasteiger partial charge is 0.312 e. The van der Waals surface area contributed by atoms with Gasteiger partial charge in [0.2, 0.25) is 10.0 Å². The number of benzene rings is 1. The second-order valence-corrected chi connectivity index (χ2v) is 6.24. The molecule has 0 aliphatic heterocycles. The van der Waals surface area contributed by atoms with Gasteiger partial charge in [-0.3, -0.25) is 10.1 Å². The summed E-state index contributed by atoms with van der Waals surface area (Å²) < 4.78 is 25.6. The number of nitrogens with one attached hydrogen (secondary N) is 1. The van der Waals surface area contributed by atoms with E-state index in [1.54, 1.807) is 7.05 Å². The Balaban J connectivity index is 3.03. The third kappa shape index (κ3) is 3.65. The molecular formula is C11H17N3O5S. The topological polar surface area (TPSA) is 113 Å². The van der Waals surface area contributed by atoms with Gasteiger partial charge < -0.3 is 10.4 Å². The molecule has 0 aliphatic rings. The van der Waals surface area contributed by atoms with Crippen LogP contribution in [0.5, 0.6) is 5.75 Å². The Morgan fingerprint density at radius 3 is 2.65 bits per heavy atom. The van der Waals surface area contributed by atoms with Crippen molar-refractivity contribution in [1.29, 1.82) is 0 Å². The van der Waals surface area contributed by atoms with Gasteiger partial charge >= 0.3 is 5.69 Å². The molecule has 8 nitrogen and oxygen atoms in total. The molecule has 20 heavy (non-hydrogen) atoms. The van der Waals surface area contributed by atoms with E-state index in [1.807, 2.05) is 0 Å². The van der Waals surface area contributed by atoms with Crippen molar-refractivity contribution < 1.29 is 18.4 Å². The highest BCUT2D eigenvalue weighted by molar-refractivity contribution is 7.89. The van der Waals surface area contributed by atoms with Crippen LogP contribution in [0.15, 0.2) is 23.1 Å². The Labute approximate surface area is 117 Å². The van der Waals surface area contributed by atoms with Crippen LogP contribution in [-0.2, 0) is 10.0 Å². The molecule has 0 saturated heterocycles. The number of hydrogen-bond donors (Lipinski definition) is 2. The lowest BCUT2D eigenvalue weighted by molar-refractivity contribution is -0.386. The molecular weight excluding hydrogens is 286 g/mol. The average Bonchev–Trinajstić information content (AvgIpc) is 2.38. The summed E-state index contributed by atoms with van der Waals surface area (Å²) in [7, 11) is -0.634. The van der Waals surface area contributed by atoms with E-state index in [9.17, 15) is 23.6 Å². The van der Waals surface area contributed by atoms with Gasteiger partial charge in [-0.1, -0.05) is 0 Å². The number of sulfonamides is 1. The normalized spacial score (nSPS) is 11.8. The Hall–Kier alpha value is -1.71. The maximum absolute atomic E-state index is 12.2. The van der Waals surface area contributed by atoms with E-state index in [2.05, 4.69) is 5.32 Å². The summed E-state index contributed by atoms with van der Waals surface area (Å²) in [5.74, 6) is -0.563. The van der Waals surface area contributed by atoms with Crippen LogP contribution in [-0.4, -0.2) is 49.9 Å². The van der Waals surface area contributed by atoms with Crippen LogP contribution in [0.4, 0.5) is 5.69 Å². The van der Waals surface area contributed by atoms with Gasteiger partial charge in [0.25, 0.3) is 0 Å². The molecule has 1 aromatic carbocycles. The number of rotatable bonds is 7. The molecule has 0 heterocycles. The maximum Gasteiger partial charge on any atom is 0.312 e. The molecule has 9 heteroatoms. The van der Waals surface area contributed by atoms with Crippen LogP contribution in [0.25, 0.3) is 0 Å². The van der Waals surface area contributed by atoms with Crippen LogP contribution in [0.3, 0.4) is 0 Å². The van der Waals surface area contributed by atoms with Gasteiger partial charge in [0.15, 0.2) is 5.75 Å². The number of nitro benzene ring substituents is 1. The third-order valence-corrected chi connectivity index (χ3v) is 4.60. The van der Waals surface area contributed by atoms with E-state index in [0.717, 1.165) is 22.5 Å². The zero-order valence-electron chi connectivity index (χ0n) is 11.2. The molecule has 0 bridgehead atoms. The number of phenolic OH excluding ortho intramolecular Hbond substituents is 1. The van der Waals surface area contributed by atoms with Gasteiger partial charge in [-0.2, -0.15) is 0 Å². The molecule has 0 amide bonds. The zero-order valence-corrected chi connectivity index (χ0v) is 12.1. The van der Waals surface area contributed by atoms with E-state index in [0.29, 0.717) is 13.0 Å². The van der Waals surface area contributed by atoms with Crippen LogP contribution >= 0.6 is 0 Å². The maximum atomic E-state index is 12.2. The van der Waals surface area contributed by atoms with Crippen molar-refractivity contribution in [1.82, 2.24) is 9.62 Å². The zero-order chi connectivity index (χ0) is 15.3. The van der Waals surface area contributed by atoms with Crippen molar-refractivity contribution in [3.05, 3.63) is 28.3 Å². The fourth-order valence-electron chi connectivity index (χ4n) is 1.59. The first kappa shape index (κ1) is 16.3. The van der Waals surface area contributed by atoms with Gasteiger partial charge in [-0.15, -0.1) is 0 Å². The summed E-state index contributed by atoms with van der Waals surface area (Å²) >= 11 is 0. The van der Waals surface area contributed by atoms with Crippen LogP contribution in [0, 0.1) is 10.1 Å². The summed E-state index contributed by atoms with van der Waals surface area (Å²) in [6.07, 6.45) is 0.617. The molecule has 112 valence electrons. The van der Waals surface area contributed by atoms with Crippen molar-refractivity contribution in [2.75, 3.05) is 27.2 Å². The molecule has 1 rings (SSSR count). The molecule has 0 spiro atoms. The Morgan fingerprint density at radius 1 is 1.45 bits per heavy atom. The second kappa shape index (κ2) is 6.64. The van der Waals surface area contributed by atoms with Crippen molar-refractivity contribution >= 4 is 15.7 Å². The lowest BCUT2D eigenvalue weighted by atomic mass is 10.3. The van der Waals surface area contributed by atoms with Gasteiger partial charge in [-0.25, -0.2) is 12.7 Å². The Bertz CT molecular complexity index is 588. The van der Waals surface area contributed by atoms with Crippen LogP contribution < -0.4 is 5.32 Å². The fourth-order valence-corrected chi connectivity index (χ4v) is 2.82. The number of hydrogen-bond acceptors (Lipinski definition) is 6. The molecule has 2 N–H and O–H groups in total. The summed E-state index contributed by atoms with van der Waals surface area (Å²) in [6.45, 7) is 0.952. The molecule has 0 atom stereocenters. The van der Waals surface area contributed by atoms with Crippen molar-refractivity contribution in [3.8, 4) is 5.75 Å². The van der Waals surface area contributed by atoms with Crippen LogP contribution in [0.1, 0.15) is 6.42 Å². The standard InChI is InChI=1S/C11H17N3O5S/c1-12-6-3-7-13(2)20(18,19)9-4-5-11(15)10(8-9)14(16)17/h4-5,8,12,15H,3,6-7H2,1-2H3. The minimum atomic E-state index is -3.80. The molecule has 0 unspecified atom stereocenters. The highest BCUT2D eigenvalue weighted by Gasteiger charge is 2.24. The summed E-state index contributed by atoms with van der Waals surface area (Å²) in [6, 6.07) is 3.01. The predicted molar refractivity (Wildman–Crippen MR) is 73.1 cm³/mol. The summed E-state index contributed by atoms with van der Waals surface area (Å²) in [4.78, 5) is 9.67. The molecule has 0 aromatic heterocycles. The summed E-state index contributed by atoms with van der Waals surface area (Å²) in [5, 5.41) is 22.9. The third-order valence-electron chi connectivity index (χ3n) is 2.75. The number of aromatic hydroxyl groups is 1. The monoisotopic (exact) mass is 303 g/mol. The van der Waals surface area contributed by atoms with Gasteiger partial charge in [-0.05, 0) is 32.1 Å². The number of nitrogens with zero attached hydrogens (tertiary/aromatic N) is 2. The van der Waals surface area contributed by atoms with Crippen molar-refractivity contribution in [2.45, 2.75) is 11.3 Å². The Kier molecular flexibility index (Phi) is 5.43. The first-order chi connectivity index (χ1) is 9.30. The molecule has 0 aliphatic carbocycles. The van der Waals surface area contributed by atoms with Crippen LogP contribution in [0.2, 0.25) is 0 Å². The van der Waals surface area contributed by atoms with Gasteiger partial charge in [0.05, 0.1) is 9.82 Å². The van der Waals surface area contributed by atoms with Crippen molar-refractivity contribution in [3.63, 3.8) is 0 Å². The van der Waals surface area contributed by atoms with E-state index < -0.39 is 26.4 Å². The second-order valence-electron chi connectivity index (χ2n) is 4.19. The van der Waals surface area contributed by atoms with E-state index in [1.165, 1.54) is 7.05 Å². The number of phenols is 1. The minimum Gasteiger partial charge on any atom is -0.502 e. The molecule has 0 radical (unpaired) electrons. The minimum absolute atomic E-state index is 0.214. The number of nitro groups is 1. The van der Waals surface area contributed by atoms with Gasteiger partial charge in [0, 0.05) is 19.7 Å². The first-order valence-corrected chi connectivity index (χ1v) is 7.33. The summed E-state index contributed by atoms with van der Waals surface area (Å²) in [5.41, 5.74) is -0.630. The Morgan fingerprint density at radius 2 is 2.10 bits per heavy atom. The van der Waals surface area contributed by atoms with E-state index in [4.69, 9.17) is 0 Å².